The summed E-state index contributed by atoms with van der Waals surface area (Å²) in [4.78, 5) is 0. The zero-order valence-electron chi connectivity index (χ0n) is 13.1. The van der Waals surface area contributed by atoms with Gasteiger partial charge in [-0.25, -0.2) is 4.68 Å². The van der Waals surface area contributed by atoms with Gasteiger partial charge >= 0.3 is 0 Å². The highest BCUT2D eigenvalue weighted by Gasteiger charge is 2.32. The average Bonchev–Trinajstić information content (AvgIpc) is 3.03. The first-order valence-electron chi connectivity index (χ1n) is 7.28. The molecule has 2 heterocycles. The van der Waals surface area contributed by atoms with Crippen LogP contribution in [0.3, 0.4) is 0 Å². The van der Waals surface area contributed by atoms with Crippen LogP contribution in [0.5, 0.6) is 5.75 Å². The van der Waals surface area contributed by atoms with Crippen LogP contribution in [0, 0.1) is 0 Å². The Labute approximate surface area is 135 Å². The summed E-state index contributed by atoms with van der Waals surface area (Å²) in [6, 6.07) is 7.03. The Morgan fingerprint density at radius 1 is 1.26 bits per heavy atom. The van der Waals surface area contributed by atoms with Gasteiger partial charge < -0.3 is 9.47 Å². The molecule has 0 unspecified atom stereocenters. The van der Waals surface area contributed by atoms with Crippen molar-refractivity contribution >= 4 is 15.7 Å². The number of hydrogen-bond acceptors (Lipinski definition) is 5. The van der Waals surface area contributed by atoms with Crippen LogP contribution in [0.1, 0.15) is 12.0 Å². The summed E-state index contributed by atoms with van der Waals surface area (Å²) in [5.41, 5.74) is 1.67. The van der Waals surface area contributed by atoms with Crippen LogP contribution in [-0.2, 0) is 27.9 Å². The number of nitrogens with zero attached hydrogens (tertiary/aromatic N) is 3. The molecule has 8 heteroatoms. The average molecular weight is 337 g/mol. The maximum atomic E-state index is 13.1. The zero-order valence-corrected chi connectivity index (χ0v) is 13.9. The van der Waals surface area contributed by atoms with Crippen LogP contribution in [0.2, 0.25) is 0 Å². The van der Waals surface area contributed by atoms with E-state index in [9.17, 15) is 8.42 Å². The van der Waals surface area contributed by atoms with E-state index in [1.165, 1.54) is 28.4 Å². The fraction of sp³-hybridized carbons (Fsp3) is 0.400. The summed E-state index contributed by atoms with van der Waals surface area (Å²) >= 11 is 0. The molecule has 2 aromatic rings. The van der Waals surface area contributed by atoms with Crippen molar-refractivity contribution in [3.63, 3.8) is 0 Å². The van der Waals surface area contributed by atoms with Gasteiger partial charge in [0.2, 0.25) is 0 Å². The molecular formula is C15H19N3O4S. The predicted octanol–water partition coefficient (Wildman–Crippen LogP) is 1.64. The lowest BCUT2D eigenvalue weighted by Gasteiger charge is -2.30. The molecule has 1 aromatic heterocycles. The van der Waals surface area contributed by atoms with E-state index in [2.05, 4.69) is 5.10 Å². The third kappa shape index (κ3) is 2.79. The van der Waals surface area contributed by atoms with Gasteiger partial charge in [0.05, 0.1) is 19.0 Å². The van der Waals surface area contributed by atoms with Gasteiger partial charge in [-0.05, 0) is 30.5 Å². The SMILES string of the molecule is COCn1nccc1S(=O)(=O)N1CCCc2ccc(OC)cc21. The first-order valence-corrected chi connectivity index (χ1v) is 8.72. The molecule has 0 fully saturated rings. The third-order valence-corrected chi connectivity index (χ3v) is 5.69. The molecule has 0 amide bonds. The number of fused-ring (bicyclic) bond motifs is 1. The standard InChI is InChI=1S/C15H19N3O4S/c1-21-11-17-15(7-8-16-17)23(19,20)18-9-3-4-12-5-6-13(22-2)10-14(12)18/h5-8,10H,3-4,9,11H2,1-2H3. The van der Waals surface area contributed by atoms with Crippen LogP contribution in [0.25, 0.3) is 0 Å². The Bertz CT molecular complexity index is 801. The fourth-order valence-corrected chi connectivity index (χ4v) is 4.39. The van der Waals surface area contributed by atoms with Crippen molar-refractivity contribution in [1.82, 2.24) is 9.78 Å². The Morgan fingerprint density at radius 3 is 2.83 bits per heavy atom. The largest absolute Gasteiger partial charge is 0.497 e. The van der Waals surface area contributed by atoms with Crippen molar-refractivity contribution in [2.24, 2.45) is 0 Å². The summed E-state index contributed by atoms with van der Waals surface area (Å²) in [7, 11) is -0.646. The summed E-state index contributed by atoms with van der Waals surface area (Å²) in [6.07, 6.45) is 3.09. The molecule has 1 aliphatic rings. The molecule has 0 aliphatic carbocycles. The minimum Gasteiger partial charge on any atom is -0.497 e. The minimum absolute atomic E-state index is 0.0837. The van der Waals surface area contributed by atoms with Crippen molar-refractivity contribution in [2.45, 2.75) is 24.6 Å². The predicted molar refractivity (Wildman–Crippen MR) is 85.1 cm³/mol. The summed E-state index contributed by atoms with van der Waals surface area (Å²) < 4.78 is 39.2. The number of ether oxygens (including phenoxy) is 2. The van der Waals surface area contributed by atoms with E-state index in [-0.39, 0.29) is 11.8 Å². The molecule has 0 saturated carbocycles. The quantitative estimate of drug-likeness (QED) is 0.829. The number of anilines is 1. The molecule has 124 valence electrons. The Hall–Kier alpha value is -2.06. The molecular weight excluding hydrogens is 318 g/mol. The third-order valence-electron chi connectivity index (χ3n) is 3.85. The number of methoxy groups -OCH3 is 2. The summed E-state index contributed by atoms with van der Waals surface area (Å²) in [5, 5.41) is 4.14. The highest BCUT2D eigenvalue weighted by molar-refractivity contribution is 7.92. The van der Waals surface area contributed by atoms with Crippen LogP contribution in [0.15, 0.2) is 35.5 Å². The maximum Gasteiger partial charge on any atom is 0.281 e. The van der Waals surface area contributed by atoms with Gasteiger partial charge in [0.1, 0.15) is 12.5 Å². The van der Waals surface area contributed by atoms with E-state index < -0.39 is 10.0 Å². The first kappa shape index (κ1) is 15.8. The highest BCUT2D eigenvalue weighted by atomic mass is 32.2. The molecule has 23 heavy (non-hydrogen) atoms. The van der Waals surface area contributed by atoms with Gasteiger partial charge in [-0.1, -0.05) is 6.07 Å². The van der Waals surface area contributed by atoms with Gasteiger partial charge in [0.15, 0.2) is 5.03 Å². The lowest BCUT2D eigenvalue weighted by atomic mass is 10.0. The molecule has 0 N–H and O–H groups in total. The molecule has 0 atom stereocenters. The Balaban J connectivity index is 2.07. The van der Waals surface area contributed by atoms with Crippen molar-refractivity contribution in [3.8, 4) is 5.75 Å². The smallest absolute Gasteiger partial charge is 0.281 e. The topological polar surface area (TPSA) is 73.7 Å². The Kier molecular flexibility index (Phi) is 4.27. The van der Waals surface area contributed by atoms with Gasteiger partial charge in [0, 0.05) is 19.7 Å². The summed E-state index contributed by atoms with van der Waals surface area (Å²) in [5.74, 6) is 0.635. The van der Waals surface area contributed by atoms with Crippen molar-refractivity contribution in [2.75, 3.05) is 25.1 Å². The van der Waals surface area contributed by atoms with Crippen LogP contribution in [0.4, 0.5) is 5.69 Å². The van der Waals surface area contributed by atoms with E-state index in [0.29, 0.717) is 18.0 Å². The fourth-order valence-electron chi connectivity index (χ4n) is 2.77. The maximum absolute atomic E-state index is 13.1. The molecule has 1 aliphatic heterocycles. The number of rotatable bonds is 5. The van der Waals surface area contributed by atoms with E-state index in [0.717, 1.165) is 18.4 Å². The minimum atomic E-state index is -3.71. The first-order chi connectivity index (χ1) is 11.1. The van der Waals surface area contributed by atoms with Crippen LogP contribution < -0.4 is 9.04 Å². The second kappa shape index (κ2) is 6.21. The molecule has 0 saturated heterocycles. The monoisotopic (exact) mass is 337 g/mol. The van der Waals surface area contributed by atoms with Crippen molar-refractivity contribution in [1.29, 1.82) is 0 Å². The van der Waals surface area contributed by atoms with Gasteiger partial charge in [-0.3, -0.25) is 4.31 Å². The van der Waals surface area contributed by atoms with Gasteiger partial charge in [0.25, 0.3) is 10.0 Å². The molecule has 1 aromatic carbocycles. The van der Waals surface area contributed by atoms with Crippen molar-refractivity contribution < 1.29 is 17.9 Å². The zero-order chi connectivity index (χ0) is 16.4. The van der Waals surface area contributed by atoms with E-state index in [1.54, 1.807) is 13.2 Å². The lowest BCUT2D eigenvalue weighted by Crippen LogP contribution is -2.36. The molecule has 0 bridgehead atoms. The lowest BCUT2D eigenvalue weighted by molar-refractivity contribution is 0.113. The normalized spacial score (nSPS) is 14.6. The molecule has 7 nitrogen and oxygen atoms in total. The van der Waals surface area contributed by atoms with Gasteiger partial charge in [-0.2, -0.15) is 13.5 Å². The van der Waals surface area contributed by atoms with Gasteiger partial charge in [-0.15, -0.1) is 0 Å². The second-order valence-corrected chi connectivity index (χ2v) is 7.07. The van der Waals surface area contributed by atoms with E-state index >= 15 is 0 Å². The van der Waals surface area contributed by atoms with E-state index in [1.807, 2.05) is 12.1 Å². The van der Waals surface area contributed by atoms with Crippen LogP contribution in [-0.4, -0.2) is 39.0 Å². The second-order valence-electron chi connectivity index (χ2n) is 5.26. The number of sulfonamides is 1. The van der Waals surface area contributed by atoms with Crippen LogP contribution >= 0.6 is 0 Å². The number of hydrogen-bond donors (Lipinski definition) is 0. The summed E-state index contributed by atoms with van der Waals surface area (Å²) in [6.45, 7) is 0.515. The highest BCUT2D eigenvalue weighted by Crippen LogP contribution is 2.34. The number of aryl methyl sites for hydroxylation is 1. The Morgan fingerprint density at radius 2 is 2.09 bits per heavy atom. The molecule has 0 radical (unpaired) electrons. The molecule has 0 spiro atoms. The number of benzene rings is 1. The molecule has 3 rings (SSSR count). The van der Waals surface area contributed by atoms with E-state index in [4.69, 9.17) is 9.47 Å². The number of aromatic nitrogens is 2. The van der Waals surface area contributed by atoms with Crippen molar-refractivity contribution in [3.05, 3.63) is 36.0 Å².